The summed E-state index contributed by atoms with van der Waals surface area (Å²) in [5, 5.41) is 3.04. The van der Waals surface area contributed by atoms with Gasteiger partial charge in [0.25, 0.3) is 0 Å². The highest BCUT2D eigenvalue weighted by Gasteiger charge is 2.52. The molecule has 0 unspecified atom stereocenters. The molecule has 0 spiro atoms. The monoisotopic (exact) mass is 332 g/mol. The van der Waals surface area contributed by atoms with Crippen LogP contribution in [0.1, 0.15) is 45.1 Å². The number of hydrogen-bond acceptors (Lipinski definition) is 2. The third kappa shape index (κ3) is 3.80. The van der Waals surface area contributed by atoms with Crippen molar-refractivity contribution in [3.8, 4) is 0 Å². The molecule has 1 saturated heterocycles. The van der Waals surface area contributed by atoms with Gasteiger partial charge < -0.3 is 10.2 Å². The topological polar surface area (TPSA) is 32.3 Å². The second kappa shape index (κ2) is 7.22. The molecule has 1 aromatic carbocycles. The Morgan fingerprint density at radius 1 is 1.25 bits per heavy atom. The van der Waals surface area contributed by atoms with E-state index in [-0.39, 0.29) is 11.7 Å². The van der Waals surface area contributed by atoms with Crippen molar-refractivity contribution < 1.29 is 9.18 Å². The summed E-state index contributed by atoms with van der Waals surface area (Å²) < 4.78 is 14.0. The first-order chi connectivity index (χ1) is 11.5. The third-order valence-corrected chi connectivity index (χ3v) is 5.46. The first kappa shape index (κ1) is 17.4. The lowest BCUT2D eigenvalue weighted by atomic mass is 9.92. The second-order valence-electron chi connectivity index (χ2n) is 7.88. The SMILES string of the molecule is C[C@H]1C[C@H](C)CN(CCCNC(=O)C2(c3ccccc3F)CC2)C1. The first-order valence-corrected chi connectivity index (χ1v) is 9.27. The standard InChI is InChI=1S/C20H29FN2O/c1-15-12-16(2)14-23(13-15)11-5-10-22-19(24)20(8-9-20)17-6-3-4-7-18(17)21/h3-4,6-7,15-16H,5,8-14H2,1-2H3,(H,22,24)/t15-,16-/m0/s1. The number of hydrogen-bond donors (Lipinski definition) is 1. The molecule has 2 atom stereocenters. The minimum absolute atomic E-state index is 0.00650. The summed E-state index contributed by atoms with van der Waals surface area (Å²) in [5.41, 5.74) is -0.0550. The van der Waals surface area contributed by atoms with E-state index < -0.39 is 5.41 Å². The third-order valence-electron chi connectivity index (χ3n) is 5.46. The molecule has 24 heavy (non-hydrogen) atoms. The van der Waals surface area contributed by atoms with Gasteiger partial charge in [-0.1, -0.05) is 32.0 Å². The Morgan fingerprint density at radius 2 is 1.92 bits per heavy atom. The van der Waals surface area contributed by atoms with E-state index >= 15 is 0 Å². The quantitative estimate of drug-likeness (QED) is 0.810. The van der Waals surface area contributed by atoms with E-state index in [9.17, 15) is 9.18 Å². The summed E-state index contributed by atoms with van der Waals surface area (Å²) in [5.74, 6) is 1.26. The maximum absolute atomic E-state index is 14.0. The van der Waals surface area contributed by atoms with E-state index in [0.717, 1.165) is 50.7 Å². The lowest BCUT2D eigenvalue weighted by Crippen LogP contribution is -2.41. The highest BCUT2D eigenvalue weighted by atomic mass is 19.1. The van der Waals surface area contributed by atoms with E-state index in [4.69, 9.17) is 0 Å². The Labute approximate surface area is 144 Å². The van der Waals surface area contributed by atoms with Crippen LogP contribution in [0.3, 0.4) is 0 Å². The number of likely N-dealkylation sites (tertiary alicyclic amines) is 1. The zero-order chi connectivity index (χ0) is 17.2. The van der Waals surface area contributed by atoms with Gasteiger partial charge in [-0.3, -0.25) is 4.79 Å². The van der Waals surface area contributed by atoms with Crippen LogP contribution in [0, 0.1) is 17.7 Å². The summed E-state index contributed by atoms with van der Waals surface area (Å²) in [6.45, 7) is 8.66. The van der Waals surface area contributed by atoms with Gasteiger partial charge in [0.15, 0.2) is 0 Å². The molecule has 2 aliphatic rings. The smallest absolute Gasteiger partial charge is 0.230 e. The van der Waals surface area contributed by atoms with E-state index in [1.807, 2.05) is 6.07 Å². The summed E-state index contributed by atoms with van der Waals surface area (Å²) >= 11 is 0. The van der Waals surface area contributed by atoms with Gasteiger partial charge in [0.05, 0.1) is 5.41 Å². The minimum Gasteiger partial charge on any atom is -0.355 e. The maximum Gasteiger partial charge on any atom is 0.230 e. The number of nitrogens with one attached hydrogen (secondary N) is 1. The molecular weight excluding hydrogens is 303 g/mol. The van der Waals surface area contributed by atoms with Crippen LogP contribution in [0.5, 0.6) is 0 Å². The van der Waals surface area contributed by atoms with Crippen LogP contribution in [0.25, 0.3) is 0 Å². The van der Waals surface area contributed by atoms with Crippen LogP contribution in [-0.4, -0.2) is 37.0 Å². The van der Waals surface area contributed by atoms with Gasteiger partial charge in [-0.05, 0) is 50.1 Å². The number of benzene rings is 1. The summed E-state index contributed by atoms with van der Waals surface area (Å²) in [7, 11) is 0. The molecule has 1 aliphatic heterocycles. The molecule has 1 amide bonds. The second-order valence-corrected chi connectivity index (χ2v) is 7.88. The molecule has 1 N–H and O–H groups in total. The molecule has 2 fully saturated rings. The molecule has 4 heteroatoms. The van der Waals surface area contributed by atoms with Crippen molar-refractivity contribution in [1.29, 1.82) is 0 Å². The molecule has 1 aromatic rings. The van der Waals surface area contributed by atoms with Crippen LogP contribution in [-0.2, 0) is 10.2 Å². The van der Waals surface area contributed by atoms with Crippen LogP contribution in [0.2, 0.25) is 0 Å². The molecule has 1 saturated carbocycles. The van der Waals surface area contributed by atoms with Crippen molar-refractivity contribution in [1.82, 2.24) is 10.2 Å². The van der Waals surface area contributed by atoms with Gasteiger partial charge in [-0.25, -0.2) is 4.39 Å². The highest BCUT2D eigenvalue weighted by Crippen LogP contribution is 2.49. The summed E-state index contributed by atoms with van der Waals surface area (Å²) in [4.78, 5) is 15.1. The number of rotatable bonds is 6. The van der Waals surface area contributed by atoms with Crippen molar-refractivity contribution in [2.75, 3.05) is 26.2 Å². The molecule has 0 aromatic heterocycles. The maximum atomic E-state index is 14.0. The predicted octanol–water partition coefficient (Wildman–Crippen LogP) is 3.34. The summed E-state index contributed by atoms with van der Waals surface area (Å²) in [6.07, 6.45) is 3.78. The molecule has 1 heterocycles. The largest absolute Gasteiger partial charge is 0.355 e. The molecule has 3 rings (SSSR count). The zero-order valence-electron chi connectivity index (χ0n) is 14.9. The van der Waals surface area contributed by atoms with Gasteiger partial charge in [0, 0.05) is 25.2 Å². The van der Waals surface area contributed by atoms with Gasteiger partial charge in [0.1, 0.15) is 5.82 Å². The number of carbonyl (C=O) groups excluding carboxylic acids is 1. The van der Waals surface area contributed by atoms with E-state index in [2.05, 4.69) is 24.1 Å². The Kier molecular flexibility index (Phi) is 5.24. The van der Waals surface area contributed by atoms with Crippen molar-refractivity contribution in [2.24, 2.45) is 11.8 Å². The average Bonchev–Trinajstić information content (AvgIpc) is 3.32. The van der Waals surface area contributed by atoms with Crippen molar-refractivity contribution >= 4 is 5.91 Å². The van der Waals surface area contributed by atoms with E-state index in [0.29, 0.717) is 12.1 Å². The van der Waals surface area contributed by atoms with Gasteiger partial charge in [-0.15, -0.1) is 0 Å². The number of carbonyl (C=O) groups is 1. The normalized spacial score (nSPS) is 26.1. The lowest BCUT2D eigenvalue weighted by molar-refractivity contribution is -0.123. The van der Waals surface area contributed by atoms with E-state index in [1.165, 1.54) is 12.5 Å². The van der Waals surface area contributed by atoms with Gasteiger partial charge in [0.2, 0.25) is 5.91 Å². The molecule has 3 nitrogen and oxygen atoms in total. The fourth-order valence-corrected chi connectivity index (χ4v) is 4.24. The molecular formula is C20H29FN2O. The zero-order valence-corrected chi connectivity index (χ0v) is 14.9. The Balaban J connectivity index is 1.46. The fraction of sp³-hybridized carbons (Fsp3) is 0.650. The average molecular weight is 332 g/mol. The Hall–Kier alpha value is -1.42. The fourth-order valence-electron chi connectivity index (χ4n) is 4.24. The predicted molar refractivity (Wildman–Crippen MR) is 94.3 cm³/mol. The van der Waals surface area contributed by atoms with E-state index in [1.54, 1.807) is 12.1 Å². The number of halogens is 1. The van der Waals surface area contributed by atoms with Crippen LogP contribution >= 0.6 is 0 Å². The van der Waals surface area contributed by atoms with Crippen molar-refractivity contribution in [3.05, 3.63) is 35.6 Å². The van der Waals surface area contributed by atoms with Gasteiger partial charge in [-0.2, -0.15) is 0 Å². The number of piperidine rings is 1. The number of amides is 1. The molecule has 0 radical (unpaired) electrons. The van der Waals surface area contributed by atoms with Crippen molar-refractivity contribution in [2.45, 2.75) is 44.9 Å². The molecule has 0 bridgehead atoms. The number of nitrogens with zero attached hydrogens (tertiary/aromatic N) is 1. The van der Waals surface area contributed by atoms with Crippen molar-refractivity contribution in [3.63, 3.8) is 0 Å². The highest BCUT2D eigenvalue weighted by molar-refractivity contribution is 5.91. The van der Waals surface area contributed by atoms with Gasteiger partial charge >= 0.3 is 0 Å². The van der Waals surface area contributed by atoms with Crippen LogP contribution in [0.15, 0.2) is 24.3 Å². The Morgan fingerprint density at radius 3 is 2.54 bits per heavy atom. The lowest BCUT2D eigenvalue weighted by Gasteiger charge is -2.35. The molecule has 132 valence electrons. The van der Waals surface area contributed by atoms with Crippen LogP contribution in [0.4, 0.5) is 4.39 Å². The molecule has 1 aliphatic carbocycles. The van der Waals surface area contributed by atoms with Crippen LogP contribution < -0.4 is 5.32 Å². The first-order valence-electron chi connectivity index (χ1n) is 9.27. The Bertz CT molecular complexity index is 575. The minimum atomic E-state index is -0.612. The summed E-state index contributed by atoms with van der Waals surface area (Å²) in [6, 6.07) is 6.68.